The van der Waals surface area contributed by atoms with Crippen LogP contribution in [0.25, 0.3) is 0 Å². The van der Waals surface area contributed by atoms with Crippen molar-refractivity contribution in [3.05, 3.63) is 29.3 Å². The van der Waals surface area contributed by atoms with Crippen LogP contribution >= 0.6 is 0 Å². The molecule has 2 atom stereocenters. The molecule has 1 heterocycles. The highest BCUT2D eigenvalue weighted by Gasteiger charge is 2.23. The zero-order chi connectivity index (χ0) is 13.8. The molecule has 3 nitrogen and oxygen atoms in total. The van der Waals surface area contributed by atoms with Crippen LogP contribution in [-0.2, 0) is 0 Å². The lowest BCUT2D eigenvalue weighted by atomic mass is 9.94. The topological polar surface area (TPSA) is 41.5 Å². The van der Waals surface area contributed by atoms with Crippen LogP contribution in [0.15, 0.2) is 18.2 Å². The third-order valence-electron chi connectivity index (χ3n) is 3.72. The van der Waals surface area contributed by atoms with Crippen molar-refractivity contribution in [2.24, 2.45) is 0 Å². The first kappa shape index (κ1) is 14.4. The van der Waals surface area contributed by atoms with E-state index in [0.717, 1.165) is 25.2 Å². The van der Waals surface area contributed by atoms with Gasteiger partial charge in [0.1, 0.15) is 5.75 Å². The first-order valence-corrected chi connectivity index (χ1v) is 7.26. The number of benzene rings is 1. The van der Waals surface area contributed by atoms with Crippen molar-refractivity contribution >= 4 is 0 Å². The van der Waals surface area contributed by atoms with Crippen LogP contribution in [0.2, 0.25) is 0 Å². The molecule has 0 amide bonds. The van der Waals surface area contributed by atoms with Gasteiger partial charge in [0, 0.05) is 17.6 Å². The highest BCUT2D eigenvalue weighted by atomic mass is 16.5. The van der Waals surface area contributed by atoms with E-state index in [9.17, 15) is 5.11 Å². The number of para-hydroxylation sites is 1. The molecule has 1 aliphatic rings. The molecular formula is C16H25NO2. The van der Waals surface area contributed by atoms with Crippen molar-refractivity contribution in [2.45, 2.75) is 51.6 Å². The van der Waals surface area contributed by atoms with Crippen molar-refractivity contribution in [1.29, 1.82) is 0 Å². The Hall–Kier alpha value is -1.06. The number of hydrogen-bond donors (Lipinski definition) is 2. The van der Waals surface area contributed by atoms with Gasteiger partial charge in [-0.05, 0) is 31.2 Å². The summed E-state index contributed by atoms with van der Waals surface area (Å²) in [6, 6.07) is 6.80. The number of aliphatic hydroxyl groups excluding tert-OH is 1. The first-order valence-electron chi connectivity index (χ1n) is 7.26. The molecule has 1 unspecified atom stereocenters. The number of hydrogen-bond acceptors (Lipinski definition) is 3. The molecule has 106 valence electrons. The lowest BCUT2D eigenvalue weighted by Gasteiger charge is -2.23. The molecule has 3 heteroatoms. The Labute approximate surface area is 116 Å². The first-order chi connectivity index (χ1) is 9.13. The zero-order valence-electron chi connectivity index (χ0n) is 12.1. The number of ether oxygens (including phenoxy) is 1. The van der Waals surface area contributed by atoms with Crippen LogP contribution in [0.4, 0.5) is 0 Å². The second-order valence-electron chi connectivity index (χ2n) is 5.71. The summed E-state index contributed by atoms with van der Waals surface area (Å²) in [4.78, 5) is 0. The quantitative estimate of drug-likeness (QED) is 0.877. The highest BCUT2D eigenvalue weighted by Crippen LogP contribution is 2.37. The molecule has 0 aliphatic carbocycles. The standard InChI is InChI=1S/C16H25NO2/c1-11(2)13-6-4-7-14-15(17-12(3)10-18)8-5-9-19-16(13)14/h4,6-7,11-12,15,17-18H,5,8-10H2,1-3H3/t12-,15?/m1/s1. The van der Waals surface area contributed by atoms with Crippen molar-refractivity contribution in [1.82, 2.24) is 5.32 Å². The monoisotopic (exact) mass is 263 g/mol. The fourth-order valence-electron chi connectivity index (χ4n) is 2.66. The molecule has 0 radical (unpaired) electrons. The number of fused-ring (bicyclic) bond motifs is 1. The molecule has 0 bridgehead atoms. The molecule has 0 saturated carbocycles. The van der Waals surface area contributed by atoms with E-state index in [4.69, 9.17) is 4.74 Å². The van der Waals surface area contributed by atoms with Crippen LogP contribution in [0.1, 0.15) is 56.7 Å². The summed E-state index contributed by atoms with van der Waals surface area (Å²) in [5.74, 6) is 1.52. The summed E-state index contributed by atoms with van der Waals surface area (Å²) in [6.07, 6.45) is 2.10. The molecule has 0 spiro atoms. The Morgan fingerprint density at radius 1 is 1.37 bits per heavy atom. The minimum atomic E-state index is 0.110. The molecular weight excluding hydrogens is 238 g/mol. The normalized spacial score (nSPS) is 20.6. The maximum atomic E-state index is 9.23. The fraction of sp³-hybridized carbons (Fsp3) is 0.625. The molecule has 1 aromatic rings. The van der Waals surface area contributed by atoms with Crippen molar-refractivity contribution < 1.29 is 9.84 Å². The van der Waals surface area contributed by atoms with Gasteiger partial charge in [-0.1, -0.05) is 32.0 Å². The van der Waals surface area contributed by atoms with Gasteiger partial charge in [0.2, 0.25) is 0 Å². The summed E-state index contributed by atoms with van der Waals surface area (Å²) >= 11 is 0. The lowest BCUT2D eigenvalue weighted by Crippen LogP contribution is -2.33. The van der Waals surface area contributed by atoms with Gasteiger partial charge in [-0.15, -0.1) is 0 Å². The summed E-state index contributed by atoms with van der Waals surface area (Å²) in [5.41, 5.74) is 2.52. The number of rotatable bonds is 4. The molecule has 0 saturated heterocycles. The van der Waals surface area contributed by atoms with E-state index < -0.39 is 0 Å². The largest absolute Gasteiger partial charge is 0.493 e. The average molecular weight is 263 g/mol. The smallest absolute Gasteiger partial charge is 0.127 e. The number of nitrogens with one attached hydrogen (secondary N) is 1. The van der Waals surface area contributed by atoms with E-state index in [0.29, 0.717) is 5.92 Å². The zero-order valence-corrected chi connectivity index (χ0v) is 12.1. The SMILES string of the molecule is CC(C)c1cccc2c1OCCCC2N[C@H](C)CO. The van der Waals surface area contributed by atoms with Gasteiger partial charge in [-0.2, -0.15) is 0 Å². The molecule has 1 aromatic carbocycles. The molecule has 1 aliphatic heterocycles. The number of aliphatic hydroxyl groups is 1. The van der Waals surface area contributed by atoms with E-state index in [-0.39, 0.29) is 18.7 Å². The van der Waals surface area contributed by atoms with Gasteiger partial charge in [0.05, 0.1) is 13.2 Å². The van der Waals surface area contributed by atoms with Gasteiger partial charge in [0.25, 0.3) is 0 Å². The van der Waals surface area contributed by atoms with Crippen molar-refractivity contribution in [3.8, 4) is 5.75 Å². The van der Waals surface area contributed by atoms with Gasteiger partial charge in [0.15, 0.2) is 0 Å². The highest BCUT2D eigenvalue weighted by molar-refractivity contribution is 5.45. The summed E-state index contributed by atoms with van der Waals surface area (Å²) < 4.78 is 5.98. The Morgan fingerprint density at radius 3 is 2.84 bits per heavy atom. The van der Waals surface area contributed by atoms with Gasteiger partial charge >= 0.3 is 0 Å². The van der Waals surface area contributed by atoms with Crippen molar-refractivity contribution in [2.75, 3.05) is 13.2 Å². The van der Waals surface area contributed by atoms with E-state index >= 15 is 0 Å². The Morgan fingerprint density at radius 2 is 2.16 bits per heavy atom. The van der Waals surface area contributed by atoms with E-state index in [1.165, 1.54) is 11.1 Å². The molecule has 2 N–H and O–H groups in total. The Bertz CT molecular complexity index is 417. The van der Waals surface area contributed by atoms with Crippen molar-refractivity contribution in [3.63, 3.8) is 0 Å². The third-order valence-corrected chi connectivity index (χ3v) is 3.72. The maximum Gasteiger partial charge on any atom is 0.127 e. The minimum absolute atomic E-state index is 0.110. The molecule has 0 aromatic heterocycles. The maximum absolute atomic E-state index is 9.23. The predicted octanol–water partition coefficient (Wildman–Crippen LogP) is 2.99. The third kappa shape index (κ3) is 3.28. The Kier molecular flexibility index (Phi) is 4.83. The van der Waals surface area contributed by atoms with Crippen LogP contribution in [0.5, 0.6) is 5.75 Å². The van der Waals surface area contributed by atoms with Gasteiger partial charge in [-0.25, -0.2) is 0 Å². The fourth-order valence-corrected chi connectivity index (χ4v) is 2.66. The van der Waals surface area contributed by atoms with E-state index in [1.54, 1.807) is 0 Å². The van der Waals surface area contributed by atoms with Gasteiger partial charge in [-0.3, -0.25) is 0 Å². The van der Waals surface area contributed by atoms with Crippen LogP contribution in [-0.4, -0.2) is 24.4 Å². The predicted molar refractivity (Wildman–Crippen MR) is 77.7 cm³/mol. The second kappa shape index (κ2) is 6.40. The summed E-state index contributed by atoms with van der Waals surface area (Å²) in [6.45, 7) is 7.35. The average Bonchev–Trinajstić information content (AvgIpc) is 2.61. The van der Waals surface area contributed by atoms with Crippen LogP contribution < -0.4 is 10.1 Å². The lowest BCUT2D eigenvalue weighted by molar-refractivity contribution is 0.238. The Balaban J connectivity index is 2.34. The van der Waals surface area contributed by atoms with Gasteiger partial charge < -0.3 is 15.2 Å². The van der Waals surface area contributed by atoms with E-state index in [1.807, 2.05) is 6.92 Å². The molecule has 0 fully saturated rings. The molecule has 2 rings (SSSR count). The van der Waals surface area contributed by atoms with Crippen LogP contribution in [0.3, 0.4) is 0 Å². The summed E-state index contributed by atoms with van der Waals surface area (Å²) in [5, 5.41) is 12.7. The summed E-state index contributed by atoms with van der Waals surface area (Å²) in [7, 11) is 0. The minimum Gasteiger partial charge on any atom is -0.493 e. The second-order valence-corrected chi connectivity index (χ2v) is 5.71. The molecule has 19 heavy (non-hydrogen) atoms. The van der Waals surface area contributed by atoms with Crippen LogP contribution in [0, 0.1) is 0 Å². The van der Waals surface area contributed by atoms with E-state index in [2.05, 4.69) is 37.4 Å².